The van der Waals surface area contributed by atoms with E-state index in [1.165, 1.54) is 24.3 Å². The molecule has 0 fully saturated rings. The highest BCUT2D eigenvalue weighted by molar-refractivity contribution is 6.24. The van der Waals surface area contributed by atoms with Crippen molar-refractivity contribution in [1.82, 2.24) is 5.43 Å². The Morgan fingerprint density at radius 2 is 1.70 bits per heavy atom. The molecule has 9 nitrogen and oxygen atoms in total. The Labute approximate surface area is 224 Å². The topological polar surface area (TPSA) is 170 Å². The third kappa shape index (κ3) is 4.07. The molecule has 12 heteroatoms. The number of hydrogen-bond acceptors (Lipinski definition) is 8. The predicted octanol–water partition coefficient (Wildman–Crippen LogP) is 3.27. The molecule has 0 radical (unpaired) electrons. The van der Waals surface area contributed by atoms with Gasteiger partial charge in [0.2, 0.25) is 5.78 Å². The van der Waals surface area contributed by atoms with E-state index >= 15 is 0 Å². The van der Waals surface area contributed by atoms with Crippen molar-refractivity contribution < 1.29 is 48.0 Å². The van der Waals surface area contributed by atoms with E-state index in [0.717, 1.165) is 12.1 Å². The standard InChI is InChI=1S/C28H23F3N2O7/c29-28(30,31)15-6-2-12(3-7-15)1-4-13-5-8-18(34)21-17(13)10-14-9-16-11-19(35)22(26(39)33-32)25(38)27(16,40)24(37)20(14)23(21)36/h1-8,14,16,34-35,37,40H,9-11,32H2,(H,33,39)/b4-1+/t14-,16+,27+/m1/s1. The molecule has 3 atom stereocenters. The molecule has 0 unspecified atom stereocenters. The number of aromatic hydroxyl groups is 1. The fourth-order valence-electron chi connectivity index (χ4n) is 5.82. The summed E-state index contributed by atoms with van der Waals surface area (Å²) < 4.78 is 38.6. The normalized spacial score (nSPS) is 24.6. The van der Waals surface area contributed by atoms with Gasteiger partial charge in [-0.3, -0.25) is 19.8 Å². The van der Waals surface area contributed by atoms with Gasteiger partial charge in [0.15, 0.2) is 11.4 Å². The second-order valence-electron chi connectivity index (χ2n) is 10.0. The van der Waals surface area contributed by atoms with Gasteiger partial charge in [-0.2, -0.15) is 13.2 Å². The van der Waals surface area contributed by atoms with Gasteiger partial charge in [0, 0.05) is 17.9 Å². The number of halogens is 3. The summed E-state index contributed by atoms with van der Waals surface area (Å²) in [5, 5.41) is 43.4. The molecule has 3 aliphatic carbocycles. The third-order valence-corrected chi connectivity index (χ3v) is 7.79. The molecule has 2 aromatic carbocycles. The van der Waals surface area contributed by atoms with Gasteiger partial charge in [-0.05, 0) is 53.6 Å². The molecule has 0 aromatic heterocycles. The number of phenolic OH excluding ortho intramolecular Hbond substituents is 1. The van der Waals surface area contributed by atoms with E-state index in [1.54, 1.807) is 17.6 Å². The summed E-state index contributed by atoms with van der Waals surface area (Å²) in [5.74, 6) is -1.96. The number of carbonyl (C=O) groups is 3. The van der Waals surface area contributed by atoms with Crippen molar-refractivity contribution in [1.29, 1.82) is 0 Å². The number of nitrogens with two attached hydrogens (primary N) is 1. The van der Waals surface area contributed by atoms with Gasteiger partial charge in [0.1, 0.15) is 22.8 Å². The number of aliphatic hydroxyl groups excluding tert-OH is 2. The van der Waals surface area contributed by atoms with E-state index in [9.17, 15) is 48.0 Å². The van der Waals surface area contributed by atoms with Crippen LogP contribution in [-0.4, -0.2) is 43.5 Å². The summed E-state index contributed by atoms with van der Waals surface area (Å²) in [4.78, 5) is 38.8. The van der Waals surface area contributed by atoms with Gasteiger partial charge in [0.25, 0.3) is 5.91 Å². The van der Waals surface area contributed by atoms with Crippen molar-refractivity contribution in [2.75, 3.05) is 0 Å². The number of phenols is 1. The van der Waals surface area contributed by atoms with Crippen molar-refractivity contribution in [3.05, 3.63) is 86.9 Å². The quantitative estimate of drug-likeness (QED) is 0.110. The summed E-state index contributed by atoms with van der Waals surface area (Å²) in [6.07, 6.45) is -1.62. The lowest BCUT2D eigenvalue weighted by atomic mass is 9.60. The highest BCUT2D eigenvalue weighted by Crippen LogP contribution is 2.51. The minimum absolute atomic E-state index is 0.0217. The molecule has 0 heterocycles. The lowest BCUT2D eigenvalue weighted by molar-refractivity contribution is -0.144. The van der Waals surface area contributed by atoms with E-state index < -0.39 is 69.5 Å². The summed E-state index contributed by atoms with van der Waals surface area (Å²) in [7, 11) is 0. The molecule has 2 aromatic rings. The number of amides is 1. The van der Waals surface area contributed by atoms with Gasteiger partial charge in [-0.15, -0.1) is 0 Å². The zero-order valence-corrected chi connectivity index (χ0v) is 20.6. The zero-order chi connectivity index (χ0) is 29.1. The molecule has 40 heavy (non-hydrogen) atoms. The number of aliphatic hydroxyl groups is 3. The van der Waals surface area contributed by atoms with Crippen molar-refractivity contribution in [2.45, 2.75) is 31.0 Å². The van der Waals surface area contributed by atoms with E-state index in [2.05, 4.69) is 0 Å². The first-order valence-electron chi connectivity index (χ1n) is 12.2. The molecule has 5 rings (SSSR count). The van der Waals surface area contributed by atoms with E-state index in [4.69, 9.17) is 5.84 Å². The second kappa shape index (κ2) is 9.35. The Balaban J connectivity index is 1.55. The van der Waals surface area contributed by atoms with E-state index in [-0.39, 0.29) is 30.4 Å². The Morgan fingerprint density at radius 1 is 1.02 bits per heavy atom. The molecule has 0 aliphatic heterocycles. The van der Waals surface area contributed by atoms with Crippen LogP contribution >= 0.6 is 0 Å². The van der Waals surface area contributed by atoms with Crippen LogP contribution in [0.1, 0.15) is 45.5 Å². The highest BCUT2D eigenvalue weighted by atomic mass is 19.4. The fourth-order valence-corrected chi connectivity index (χ4v) is 5.82. The van der Waals surface area contributed by atoms with E-state index in [1.807, 2.05) is 0 Å². The average molecular weight is 556 g/mol. The van der Waals surface area contributed by atoms with Gasteiger partial charge in [-0.25, -0.2) is 5.84 Å². The minimum atomic E-state index is -4.48. The first-order valence-corrected chi connectivity index (χ1v) is 12.2. The number of nitrogens with one attached hydrogen (secondary N) is 1. The molecule has 7 N–H and O–H groups in total. The number of Topliss-reactive ketones (excluding diaryl/α,β-unsaturated/α-hetero) is 2. The molecule has 1 amide bonds. The van der Waals surface area contributed by atoms with Crippen LogP contribution in [-0.2, 0) is 22.2 Å². The van der Waals surface area contributed by atoms with Gasteiger partial charge >= 0.3 is 6.18 Å². The minimum Gasteiger partial charge on any atom is -0.511 e. The van der Waals surface area contributed by atoms with Crippen LogP contribution in [0.4, 0.5) is 13.2 Å². The average Bonchev–Trinajstić information content (AvgIpc) is 2.90. The molecule has 0 saturated heterocycles. The largest absolute Gasteiger partial charge is 0.511 e. The SMILES string of the molecule is NNC(=O)C1=C(O)C[C@@H]2C[C@@H]3Cc4c(/C=C/c5ccc(C(F)(F)F)cc5)ccc(O)c4C(=O)C3=C(O)[C@]2(O)C1=O. The fraction of sp³-hybridized carbons (Fsp3) is 0.250. The second-order valence-corrected chi connectivity index (χ2v) is 10.0. The molecule has 208 valence electrons. The summed E-state index contributed by atoms with van der Waals surface area (Å²) in [6.45, 7) is 0. The lowest BCUT2D eigenvalue weighted by Crippen LogP contribution is -2.57. The number of allylic oxidation sites excluding steroid dienone is 2. The zero-order valence-electron chi connectivity index (χ0n) is 20.6. The summed E-state index contributed by atoms with van der Waals surface area (Å²) in [6, 6.07) is 7.24. The number of alkyl halides is 3. The Bertz CT molecular complexity index is 1560. The Hall–Kier alpha value is -4.42. The number of carbonyl (C=O) groups excluding carboxylic acids is 3. The molecule has 0 saturated carbocycles. The third-order valence-electron chi connectivity index (χ3n) is 7.79. The first-order chi connectivity index (χ1) is 18.8. The van der Waals surface area contributed by atoms with Crippen LogP contribution in [0, 0.1) is 11.8 Å². The molecule has 0 spiro atoms. The maximum absolute atomic E-state index is 13.6. The number of rotatable bonds is 3. The highest BCUT2D eigenvalue weighted by Gasteiger charge is 2.59. The van der Waals surface area contributed by atoms with Crippen LogP contribution in [0.15, 0.2) is 59.1 Å². The van der Waals surface area contributed by atoms with Crippen molar-refractivity contribution in [3.8, 4) is 5.75 Å². The van der Waals surface area contributed by atoms with Crippen LogP contribution in [0.5, 0.6) is 5.75 Å². The van der Waals surface area contributed by atoms with E-state index in [0.29, 0.717) is 16.7 Å². The number of ketones is 2. The Kier molecular flexibility index (Phi) is 6.35. The van der Waals surface area contributed by atoms with Gasteiger partial charge < -0.3 is 20.4 Å². The smallest absolute Gasteiger partial charge is 0.416 e. The lowest BCUT2D eigenvalue weighted by Gasteiger charge is -2.45. The van der Waals surface area contributed by atoms with Crippen LogP contribution in [0.25, 0.3) is 12.2 Å². The van der Waals surface area contributed by atoms with Crippen molar-refractivity contribution >= 4 is 29.6 Å². The van der Waals surface area contributed by atoms with Crippen LogP contribution in [0.2, 0.25) is 0 Å². The maximum atomic E-state index is 13.6. The van der Waals surface area contributed by atoms with Crippen LogP contribution < -0.4 is 11.3 Å². The van der Waals surface area contributed by atoms with Crippen LogP contribution in [0.3, 0.4) is 0 Å². The monoisotopic (exact) mass is 556 g/mol. The Morgan fingerprint density at radius 3 is 2.33 bits per heavy atom. The first kappa shape index (κ1) is 27.2. The number of benzene rings is 2. The molecular weight excluding hydrogens is 533 g/mol. The molecule has 0 bridgehead atoms. The van der Waals surface area contributed by atoms with Gasteiger partial charge in [0.05, 0.1) is 11.1 Å². The summed E-state index contributed by atoms with van der Waals surface area (Å²) >= 11 is 0. The predicted molar refractivity (Wildman–Crippen MR) is 134 cm³/mol. The maximum Gasteiger partial charge on any atom is 0.416 e. The number of fused-ring (bicyclic) bond motifs is 3. The van der Waals surface area contributed by atoms with Crippen molar-refractivity contribution in [3.63, 3.8) is 0 Å². The summed E-state index contributed by atoms with van der Waals surface area (Å²) in [5.41, 5.74) is -1.67. The van der Waals surface area contributed by atoms with Crippen molar-refractivity contribution in [2.24, 2.45) is 17.7 Å². The van der Waals surface area contributed by atoms with Gasteiger partial charge in [-0.1, -0.05) is 30.4 Å². The molecular formula is C28H23F3N2O7. The number of hydrogen-bond donors (Lipinski definition) is 6. The number of hydrazine groups is 1. The molecule has 3 aliphatic rings.